The van der Waals surface area contributed by atoms with Gasteiger partial charge >= 0.3 is 0 Å². The van der Waals surface area contributed by atoms with Gasteiger partial charge in [-0.1, -0.05) is 0 Å². The molecule has 1 aliphatic heterocycles. The highest BCUT2D eigenvalue weighted by Crippen LogP contribution is 2.22. The fourth-order valence-electron chi connectivity index (χ4n) is 3.14. The summed E-state index contributed by atoms with van der Waals surface area (Å²) < 4.78 is 5.07. The van der Waals surface area contributed by atoms with Crippen molar-refractivity contribution in [3.05, 3.63) is 48.5 Å². The summed E-state index contributed by atoms with van der Waals surface area (Å²) in [6.07, 6.45) is 3.51. The van der Waals surface area contributed by atoms with Crippen LogP contribution < -0.4 is 20.3 Å². The highest BCUT2D eigenvalue weighted by atomic mass is 16.5. The average Bonchev–Trinajstić information content (AvgIpc) is 2.69. The molecule has 2 amide bonds. The summed E-state index contributed by atoms with van der Waals surface area (Å²) in [6, 6.07) is 14.7. The van der Waals surface area contributed by atoms with E-state index in [1.54, 1.807) is 31.4 Å². The molecule has 1 saturated heterocycles. The number of nitrogens with one attached hydrogen (secondary N) is 2. The van der Waals surface area contributed by atoms with E-state index >= 15 is 0 Å². The van der Waals surface area contributed by atoms with Crippen LogP contribution in [-0.2, 0) is 9.59 Å². The zero-order chi connectivity index (χ0) is 19.1. The molecule has 6 heteroatoms. The first-order valence-electron chi connectivity index (χ1n) is 9.23. The number of ether oxygens (including phenoxy) is 1. The quantitative estimate of drug-likeness (QED) is 0.765. The molecule has 6 nitrogen and oxygen atoms in total. The highest BCUT2D eigenvalue weighted by Gasteiger charge is 2.12. The van der Waals surface area contributed by atoms with Gasteiger partial charge in [0.1, 0.15) is 12.2 Å². The molecule has 0 unspecified atom stereocenters. The van der Waals surface area contributed by atoms with Gasteiger partial charge in [-0.3, -0.25) is 9.59 Å². The third-order valence-corrected chi connectivity index (χ3v) is 4.57. The van der Waals surface area contributed by atoms with Gasteiger partial charge in [-0.05, 0) is 67.8 Å². The van der Waals surface area contributed by atoms with E-state index in [0.717, 1.165) is 13.1 Å². The van der Waals surface area contributed by atoms with Crippen molar-refractivity contribution in [3.63, 3.8) is 0 Å². The molecule has 0 radical (unpaired) electrons. The van der Waals surface area contributed by atoms with Crippen LogP contribution in [0.1, 0.15) is 25.7 Å². The van der Waals surface area contributed by atoms with E-state index in [1.807, 2.05) is 24.3 Å². The first-order valence-corrected chi connectivity index (χ1v) is 9.23. The minimum atomic E-state index is -0.359. The van der Waals surface area contributed by atoms with E-state index in [9.17, 15) is 9.59 Å². The molecular formula is C21H25N3O3. The Bertz CT molecular complexity index is 766. The number of carbonyl (C=O) groups excluding carboxylic acids is 2. The van der Waals surface area contributed by atoms with Crippen molar-refractivity contribution in [2.45, 2.75) is 25.7 Å². The molecule has 142 valence electrons. The van der Waals surface area contributed by atoms with Crippen molar-refractivity contribution in [3.8, 4) is 5.75 Å². The number of carbonyl (C=O) groups is 2. The lowest BCUT2D eigenvalue weighted by atomic mass is 10.1. The topological polar surface area (TPSA) is 70.7 Å². The van der Waals surface area contributed by atoms with E-state index in [4.69, 9.17) is 4.74 Å². The molecule has 0 aromatic heterocycles. The van der Waals surface area contributed by atoms with Crippen LogP contribution in [0.25, 0.3) is 0 Å². The molecular weight excluding hydrogens is 342 g/mol. The number of anilines is 3. The van der Waals surface area contributed by atoms with Gasteiger partial charge < -0.3 is 20.3 Å². The van der Waals surface area contributed by atoms with E-state index in [2.05, 4.69) is 15.5 Å². The van der Waals surface area contributed by atoms with Crippen molar-refractivity contribution in [1.82, 2.24) is 0 Å². The Balaban J connectivity index is 1.48. The minimum absolute atomic E-state index is 0.236. The largest absolute Gasteiger partial charge is 0.497 e. The molecule has 0 spiro atoms. The lowest BCUT2D eigenvalue weighted by Gasteiger charge is -2.28. The second-order valence-corrected chi connectivity index (χ2v) is 6.60. The lowest BCUT2D eigenvalue weighted by Crippen LogP contribution is -2.29. The Morgan fingerprint density at radius 3 is 1.89 bits per heavy atom. The van der Waals surface area contributed by atoms with Gasteiger partial charge in [0.15, 0.2) is 0 Å². The van der Waals surface area contributed by atoms with Gasteiger partial charge in [-0.25, -0.2) is 0 Å². The van der Waals surface area contributed by atoms with Gasteiger partial charge in [0.05, 0.1) is 7.11 Å². The molecule has 0 aliphatic carbocycles. The molecule has 0 atom stereocenters. The summed E-state index contributed by atoms with van der Waals surface area (Å²) >= 11 is 0. The number of amides is 2. The van der Waals surface area contributed by atoms with Crippen molar-refractivity contribution in [2.24, 2.45) is 0 Å². The second kappa shape index (κ2) is 9.07. The first-order chi connectivity index (χ1) is 13.1. The maximum atomic E-state index is 12.1. The first kappa shape index (κ1) is 18.8. The SMILES string of the molecule is COc1ccc(NC(=O)CC(=O)Nc2ccc(N3CCCCC3)cc2)cc1. The molecule has 2 N–H and O–H groups in total. The third-order valence-electron chi connectivity index (χ3n) is 4.57. The van der Waals surface area contributed by atoms with E-state index < -0.39 is 0 Å². The van der Waals surface area contributed by atoms with Crippen LogP contribution in [-0.4, -0.2) is 32.0 Å². The highest BCUT2D eigenvalue weighted by molar-refractivity contribution is 6.08. The van der Waals surface area contributed by atoms with Crippen molar-refractivity contribution in [2.75, 3.05) is 35.7 Å². The molecule has 2 aromatic carbocycles. The maximum absolute atomic E-state index is 12.1. The monoisotopic (exact) mass is 367 g/mol. The predicted molar refractivity (Wildman–Crippen MR) is 107 cm³/mol. The molecule has 3 rings (SSSR count). The smallest absolute Gasteiger partial charge is 0.233 e. The number of nitrogens with zero attached hydrogens (tertiary/aromatic N) is 1. The number of methoxy groups -OCH3 is 1. The van der Waals surface area contributed by atoms with Gasteiger partial charge in [0.25, 0.3) is 0 Å². The van der Waals surface area contributed by atoms with Gasteiger partial charge in [0, 0.05) is 30.2 Å². The molecule has 2 aromatic rings. The van der Waals surface area contributed by atoms with E-state index in [-0.39, 0.29) is 18.2 Å². The Kier molecular flexibility index (Phi) is 6.30. The van der Waals surface area contributed by atoms with Crippen LogP contribution in [0.5, 0.6) is 5.75 Å². The summed E-state index contributed by atoms with van der Waals surface area (Å²) in [5, 5.41) is 5.47. The van der Waals surface area contributed by atoms with Gasteiger partial charge in [-0.15, -0.1) is 0 Å². The Morgan fingerprint density at radius 1 is 0.852 bits per heavy atom. The normalized spacial score (nSPS) is 13.7. The second-order valence-electron chi connectivity index (χ2n) is 6.60. The Hall–Kier alpha value is -3.02. The van der Waals surface area contributed by atoms with Crippen LogP contribution in [0.2, 0.25) is 0 Å². The third kappa shape index (κ3) is 5.48. The number of rotatable bonds is 6. The average molecular weight is 367 g/mol. The standard InChI is InChI=1S/C21H25N3O3/c1-27-19-11-7-17(8-12-19)23-21(26)15-20(25)22-16-5-9-18(10-6-16)24-13-3-2-4-14-24/h5-12H,2-4,13-15H2,1H3,(H,22,25)(H,23,26). The van der Waals surface area contributed by atoms with Crippen molar-refractivity contribution >= 4 is 28.9 Å². The predicted octanol–water partition coefficient (Wildman–Crippen LogP) is 3.65. The molecule has 1 fully saturated rings. The molecule has 27 heavy (non-hydrogen) atoms. The molecule has 0 bridgehead atoms. The van der Waals surface area contributed by atoms with E-state index in [0.29, 0.717) is 17.1 Å². The van der Waals surface area contributed by atoms with Crippen molar-refractivity contribution < 1.29 is 14.3 Å². The van der Waals surface area contributed by atoms with Crippen LogP contribution >= 0.6 is 0 Å². The van der Waals surface area contributed by atoms with Gasteiger partial charge in [-0.2, -0.15) is 0 Å². The molecule has 0 saturated carbocycles. The van der Waals surface area contributed by atoms with Crippen LogP contribution in [0, 0.1) is 0 Å². The number of piperidine rings is 1. The van der Waals surface area contributed by atoms with Crippen LogP contribution in [0.4, 0.5) is 17.1 Å². The fraction of sp³-hybridized carbons (Fsp3) is 0.333. The summed E-state index contributed by atoms with van der Waals surface area (Å²) in [4.78, 5) is 26.5. The van der Waals surface area contributed by atoms with Gasteiger partial charge in [0.2, 0.25) is 11.8 Å². The number of hydrogen-bond acceptors (Lipinski definition) is 4. The van der Waals surface area contributed by atoms with E-state index in [1.165, 1.54) is 24.9 Å². The fourth-order valence-corrected chi connectivity index (χ4v) is 3.14. The Labute approximate surface area is 159 Å². The van der Waals surface area contributed by atoms with Crippen LogP contribution in [0.15, 0.2) is 48.5 Å². The summed E-state index contributed by atoms with van der Waals surface area (Å²) in [5.41, 5.74) is 2.49. The Morgan fingerprint density at radius 2 is 1.37 bits per heavy atom. The zero-order valence-corrected chi connectivity index (χ0v) is 15.5. The zero-order valence-electron chi connectivity index (χ0n) is 15.5. The maximum Gasteiger partial charge on any atom is 0.233 e. The molecule has 1 aliphatic rings. The minimum Gasteiger partial charge on any atom is -0.497 e. The van der Waals surface area contributed by atoms with Crippen molar-refractivity contribution in [1.29, 1.82) is 0 Å². The summed E-state index contributed by atoms with van der Waals surface area (Å²) in [5.74, 6) is 0.00748. The number of hydrogen-bond donors (Lipinski definition) is 2. The lowest BCUT2D eigenvalue weighted by molar-refractivity contribution is -0.123. The van der Waals surface area contributed by atoms with Crippen LogP contribution in [0.3, 0.4) is 0 Å². The summed E-state index contributed by atoms with van der Waals surface area (Å²) in [7, 11) is 1.58. The summed E-state index contributed by atoms with van der Waals surface area (Å²) in [6.45, 7) is 2.16. The number of benzene rings is 2. The molecule has 1 heterocycles.